The molecule has 0 aliphatic carbocycles. The lowest BCUT2D eigenvalue weighted by Crippen LogP contribution is -2.51. The molecule has 1 aliphatic heterocycles. The highest BCUT2D eigenvalue weighted by Crippen LogP contribution is 2.36. The van der Waals surface area contributed by atoms with E-state index in [-0.39, 0.29) is 17.4 Å². The molecule has 140 valence electrons. The molecule has 1 aromatic carbocycles. The van der Waals surface area contributed by atoms with Gasteiger partial charge in [-0.15, -0.1) is 10.2 Å². The summed E-state index contributed by atoms with van der Waals surface area (Å²) in [4.78, 5) is 6.19. The minimum absolute atomic E-state index is 0.0960. The van der Waals surface area contributed by atoms with E-state index in [9.17, 15) is 18.3 Å². The maximum absolute atomic E-state index is 12.7. The van der Waals surface area contributed by atoms with E-state index in [1.54, 1.807) is 6.92 Å². The van der Waals surface area contributed by atoms with Crippen molar-refractivity contribution in [2.24, 2.45) is 5.73 Å². The number of hydrogen-bond acceptors (Lipinski definition) is 7. The lowest BCUT2D eigenvalue weighted by molar-refractivity contribution is -0.137. The van der Waals surface area contributed by atoms with E-state index in [1.165, 1.54) is 0 Å². The fourth-order valence-electron chi connectivity index (χ4n) is 2.83. The molecule has 0 bridgehead atoms. The number of aromatic hydroxyl groups is 1. The molecule has 1 fully saturated rings. The molecule has 10 heteroatoms. The molecule has 0 amide bonds. The lowest BCUT2D eigenvalue weighted by atomic mass is 10.1. The Morgan fingerprint density at radius 1 is 1.27 bits per heavy atom. The summed E-state index contributed by atoms with van der Waals surface area (Å²) in [5, 5.41) is 18.1. The van der Waals surface area contributed by atoms with Crippen LogP contribution >= 0.6 is 0 Å². The number of phenols is 1. The molecule has 1 aliphatic rings. The molecule has 0 unspecified atom stereocenters. The minimum Gasteiger partial charge on any atom is -0.507 e. The monoisotopic (exact) mass is 369 g/mol. The molecular formula is C16H18F3N5O2. The van der Waals surface area contributed by atoms with Gasteiger partial charge < -0.3 is 20.5 Å². The second kappa shape index (κ2) is 6.69. The first-order valence-corrected chi connectivity index (χ1v) is 7.93. The van der Waals surface area contributed by atoms with Gasteiger partial charge in [-0.1, -0.05) is 0 Å². The lowest BCUT2D eigenvalue weighted by Gasteiger charge is -2.34. The third-order valence-corrected chi connectivity index (χ3v) is 4.00. The van der Waals surface area contributed by atoms with Crippen molar-refractivity contribution in [3.8, 4) is 17.0 Å². The number of benzene rings is 1. The number of morpholine rings is 1. The fourth-order valence-corrected chi connectivity index (χ4v) is 2.83. The Morgan fingerprint density at radius 3 is 2.58 bits per heavy atom. The van der Waals surface area contributed by atoms with E-state index in [2.05, 4.69) is 15.2 Å². The van der Waals surface area contributed by atoms with E-state index in [0.29, 0.717) is 30.8 Å². The summed E-state index contributed by atoms with van der Waals surface area (Å²) in [6.07, 6.45) is -5.10. The van der Waals surface area contributed by atoms with Crippen LogP contribution in [0.3, 0.4) is 0 Å². The van der Waals surface area contributed by atoms with E-state index in [1.807, 2.05) is 11.8 Å². The largest absolute Gasteiger partial charge is 0.507 e. The van der Waals surface area contributed by atoms with E-state index >= 15 is 0 Å². The summed E-state index contributed by atoms with van der Waals surface area (Å²) in [6.45, 7) is 4.46. The predicted molar refractivity (Wildman–Crippen MR) is 87.4 cm³/mol. The SMILES string of the molecule is Cc1nc(N2C[C@H](C)O[C@@H](N)C2)nnc1-c1ccc(C(F)(F)F)cc1O. The quantitative estimate of drug-likeness (QED) is 0.836. The number of hydrogen-bond donors (Lipinski definition) is 2. The summed E-state index contributed by atoms with van der Waals surface area (Å²) in [7, 11) is 0. The van der Waals surface area contributed by atoms with Gasteiger partial charge >= 0.3 is 6.18 Å². The van der Waals surface area contributed by atoms with Gasteiger partial charge in [0.1, 0.15) is 17.7 Å². The van der Waals surface area contributed by atoms with Crippen molar-refractivity contribution in [2.45, 2.75) is 32.4 Å². The fraction of sp³-hybridized carbons (Fsp3) is 0.438. The molecule has 3 rings (SSSR count). The Kier molecular flexibility index (Phi) is 4.72. The number of alkyl halides is 3. The van der Waals surface area contributed by atoms with Crippen LogP contribution in [0.4, 0.5) is 19.1 Å². The highest BCUT2D eigenvalue weighted by atomic mass is 19.4. The molecular weight excluding hydrogens is 351 g/mol. The number of aromatic nitrogens is 3. The van der Waals surface area contributed by atoms with Gasteiger partial charge in [-0.05, 0) is 32.0 Å². The third kappa shape index (κ3) is 3.70. The van der Waals surface area contributed by atoms with Gasteiger partial charge in [-0.25, -0.2) is 4.98 Å². The molecule has 1 saturated heterocycles. The standard InChI is InChI=1S/C16H18F3N5O2/c1-8-6-24(7-13(20)26-8)15-21-9(2)14(22-23-15)11-4-3-10(5-12(11)25)16(17,18)19/h3-5,8,13,25H,6-7,20H2,1-2H3/t8-,13+/m0/s1. The van der Waals surface area contributed by atoms with Gasteiger partial charge in [0.2, 0.25) is 5.95 Å². The van der Waals surface area contributed by atoms with Crippen LogP contribution in [0.15, 0.2) is 18.2 Å². The van der Waals surface area contributed by atoms with Crippen LogP contribution < -0.4 is 10.6 Å². The van der Waals surface area contributed by atoms with Crippen LogP contribution in [0.5, 0.6) is 5.75 Å². The Morgan fingerprint density at radius 2 is 2.00 bits per heavy atom. The smallest absolute Gasteiger partial charge is 0.416 e. The van der Waals surface area contributed by atoms with E-state index in [0.717, 1.165) is 12.1 Å². The van der Waals surface area contributed by atoms with Crippen molar-refractivity contribution >= 4 is 5.95 Å². The molecule has 26 heavy (non-hydrogen) atoms. The molecule has 1 aromatic heterocycles. The number of aryl methyl sites for hydroxylation is 1. The normalized spacial score (nSPS) is 21.1. The molecule has 7 nitrogen and oxygen atoms in total. The number of anilines is 1. The van der Waals surface area contributed by atoms with Crippen molar-refractivity contribution in [1.82, 2.24) is 15.2 Å². The van der Waals surface area contributed by atoms with Crippen LogP contribution in [-0.2, 0) is 10.9 Å². The average Bonchev–Trinajstić information content (AvgIpc) is 2.53. The first-order valence-electron chi connectivity index (χ1n) is 7.93. The number of nitrogens with zero attached hydrogens (tertiary/aromatic N) is 4. The zero-order valence-electron chi connectivity index (χ0n) is 14.2. The van der Waals surface area contributed by atoms with Crippen LogP contribution in [0.1, 0.15) is 18.2 Å². The second-order valence-corrected chi connectivity index (χ2v) is 6.17. The Hall–Kier alpha value is -2.46. The van der Waals surface area contributed by atoms with Crippen molar-refractivity contribution < 1.29 is 23.0 Å². The summed E-state index contributed by atoms with van der Waals surface area (Å²) in [6, 6.07) is 2.70. The van der Waals surface area contributed by atoms with Crippen LogP contribution in [0.2, 0.25) is 0 Å². The van der Waals surface area contributed by atoms with Crippen LogP contribution in [0, 0.1) is 6.92 Å². The van der Waals surface area contributed by atoms with Crippen LogP contribution in [0.25, 0.3) is 11.3 Å². The Bertz CT molecular complexity index is 805. The maximum Gasteiger partial charge on any atom is 0.416 e. The van der Waals surface area contributed by atoms with Crippen molar-refractivity contribution in [3.63, 3.8) is 0 Å². The molecule has 2 heterocycles. The van der Waals surface area contributed by atoms with E-state index in [4.69, 9.17) is 10.5 Å². The van der Waals surface area contributed by atoms with Gasteiger partial charge in [-0.2, -0.15) is 13.2 Å². The van der Waals surface area contributed by atoms with Gasteiger partial charge in [-0.3, -0.25) is 0 Å². The first-order chi connectivity index (χ1) is 12.1. The minimum atomic E-state index is -4.54. The molecule has 2 atom stereocenters. The molecule has 0 saturated carbocycles. The topological polar surface area (TPSA) is 97.4 Å². The van der Waals surface area contributed by atoms with Gasteiger partial charge in [0.15, 0.2) is 0 Å². The average molecular weight is 369 g/mol. The van der Waals surface area contributed by atoms with Crippen molar-refractivity contribution in [1.29, 1.82) is 0 Å². The van der Waals surface area contributed by atoms with Crippen molar-refractivity contribution in [2.75, 3.05) is 18.0 Å². The highest BCUT2D eigenvalue weighted by Gasteiger charge is 2.31. The predicted octanol–water partition coefficient (Wildman–Crippen LogP) is 2.08. The highest BCUT2D eigenvalue weighted by molar-refractivity contribution is 5.69. The Balaban J connectivity index is 1.91. The third-order valence-electron chi connectivity index (χ3n) is 4.00. The first kappa shape index (κ1) is 18.3. The number of phenolic OH excluding ortho intramolecular Hbond substituents is 1. The van der Waals surface area contributed by atoms with Gasteiger partial charge in [0.05, 0.1) is 23.9 Å². The zero-order chi connectivity index (χ0) is 19.1. The summed E-state index contributed by atoms with van der Waals surface area (Å²) < 4.78 is 43.6. The number of nitrogens with two attached hydrogens (primary N) is 1. The molecule has 3 N–H and O–H groups in total. The molecule has 0 spiro atoms. The van der Waals surface area contributed by atoms with Crippen molar-refractivity contribution in [3.05, 3.63) is 29.5 Å². The maximum atomic E-state index is 12.7. The van der Waals surface area contributed by atoms with E-state index < -0.39 is 23.7 Å². The summed E-state index contributed by atoms with van der Waals surface area (Å²) in [5.74, 6) is -0.183. The number of ether oxygens (including phenoxy) is 1. The number of rotatable bonds is 2. The number of halogens is 3. The van der Waals surface area contributed by atoms with Gasteiger partial charge in [0.25, 0.3) is 0 Å². The summed E-state index contributed by atoms with van der Waals surface area (Å²) in [5.41, 5.74) is 5.65. The Labute approximate surface area is 147 Å². The van der Waals surface area contributed by atoms with Gasteiger partial charge in [0, 0.05) is 12.1 Å². The molecule has 2 aromatic rings. The zero-order valence-corrected chi connectivity index (χ0v) is 14.2. The van der Waals surface area contributed by atoms with Crippen LogP contribution in [-0.4, -0.2) is 45.7 Å². The molecule has 0 radical (unpaired) electrons. The second-order valence-electron chi connectivity index (χ2n) is 6.17. The summed E-state index contributed by atoms with van der Waals surface area (Å²) >= 11 is 0.